The van der Waals surface area contributed by atoms with Crippen molar-refractivity contribution in [3.8, 4) is 0 Å². The van der Waals surface area contributed by atoms with E-state index in [-0.39, 0.29) is 5.82 Å². The SMILES string of the molecule is C1CCNCC1.CC1CCCN1.Cc1ccc(C)cc1.O=CN1CCCC1.O=CNCc1cc2cncc(F)c2[nH]1. The fourth-order valence-corrected chi connectivity index (χ4v) is 4.47. The van der Waals surface area contributed by atoms with Crippen molar-refractivity contribution in [3.63, 3.8) is 0 Å². The second-order valence-corrected chi connectivity index (χ2v) is 10.7. The molecule has 0 radical (unpaired) electrons. The van der Waals surface area contributed by atoms with Gasteiger partial charge in [0.25, 0.3) is 0 Å². The molecule has 1 atom stereocenters. The van der Waals surface area contributed by atoms with Gasteiger partial charge in [0.1, 0.15) is 0 Å². The summed E-state index contributed by atoms with van der Waals surface area (Å²) in [6.07, 6.45) is 13.6. The Morgan fingerprint density at radius 1 is 0.951 bits per heavy atom. The van der Waals surface area contributed by atoms with Crippen molar-refractivity contribution in [3.05, 3.63) is 65.4 Å². The number of amides is 2. The van der Waals surface area contributed by atoms with Crippen molar-refractivity contribution in [2.45, 2.75) is 78.3 Å². The van der Waals surface area contributed by atoms with Crippen LogP contribution in [0.4, 0.5) is 4.39 Å². The normalized spacial score (nSPS) is 17.4. The van der Waals surface area contributed by atoms with Crippen molar-refractivity contribution in [2.75, 3.05) is 32.7 Å². The highest BCUT2D eigenvalue weighted by Gasteiger charge is 2.07. The fraction of sp³-hybridized carbons (Fsp3) is 0.531. The number of piperidine rings is 1. The Hall–Kier alpha value is -3.30. The Balaban J connectivity index is 0.000000189. The number of fused-ring (bicyclic) bond motifs is 1. The van der Waals surface area contributed by atoms with Gasteiger partial charge in [0, 0.05) is 36.4 Å². The predicted molar refractivity (Wildman–Crippen MR) is 165 cm³/mol. The van der Waals surface area contributed by atoms with E-state index in [0.717, 1.165) is 37.4 Å². The van der Waals surface area contributed by atoms with Gasteiger partial charge in [-0.15, -0.1) is 0 Å². The van der Waals surface area contributed by atoms with Crippen LogP contribution in [-0.4, -0.2) is 66.5 Å². The minimum absolute atomic E-state index is 0.359. The number of H-pyrrole nitrogens is 1. The third-order valence-corrected chi connectivity index (χ3v) is 6.94. The van der Waals surface area contributed by atoms with Crippen molar-refractivity contribution in [2.24, 2.45) is 0 Å². The molecule has 3 aliphatic rings. The smallest absolute Gasteiger partial charge is 0.209 e. The number of carbonyl (C=O) groups is 2. The maximum atomic E-state index is 13.1. The average Bonchev–Trinajstić information content (AvgIpc) is 3.79. The van der Waals surface area contributed by atoms with Crippen molar-refractivity contribution < 1.29 is 14.0 Å². The molecule has 226 valence electrons. The topological polar surface area (TPSA) is 102 Å². The number of likely N-dealkylation sites (tertiary alicyclic amines) is 1. The number of aryl methyl sites for hydroxylation is 2. The van der Waals surface area contributed by atoms with Crippen molar-refractivity contribution >= 4 is 23.7 Å². The number of carbonyl (C=O) groups excluding carboxylic acids is 2. The number of nitrogens with one attached hydrogen (secondary N) is 4. The van der Waals surface area contributed by atoms with Gasteiger partial charge in [-0.25, -0.2) is 4.39 Å². The summed E-state index contributed by atoms with van der Waals surface area (Å²) in [5.41, 5.74) is 3.83. The van der Waals surface area contributed by atoms with Crippen LogP contribution in [0.2, 0.25) is 0 Å². The molecule has 0 saturated carbocycles. The van der Waals surface area contributed by atoms with Gasteiger partial charge in [0.05, 0.1) is 18.3 Å². The molecular formula is C32H49FN6O2. The molecule has 41 heavy (non-hydrogen) atoms. The van der Waals surface area contributed by atoms with E-state index in [4.69, 9.17) is 0 Å². The second-order valence-electron chi connectivity index (χ2n) is 10.7. The molecule has 0 spiro atoms. The van der Waals surface area contributed by atoms with E-state index in [2.05, 4.69) is 71.0 Å². The van der Waals surface area contributed by atoms with Gasteiger partial charge >= 0.3 is 0 Å². The van der Waals surface area contributed by atoms with Gasteiger partial charge in [-0.05, 0) is 85.0 Å². The molecule has 0 aliphatic carbocycles. The van der Waals surface area contributed by atoms with Crippen LogP contribution in [0.15, 0.2) is 42.7 Å². The van der Waals surface area contributed by atoms with Gasteiger partial charge in [0.15, 0.2) is 5.82 Å². The van der Waals surface area contributed by atoms with Crippen LogP contribution < -0.4 is 16.0 Å². The third kappa shape index (κ3) is 14.8. The molecule has 5 heterocycles. The Morgan fingerprint density at radius 3 is 2.00 bits per heavy atom. The summed E-state index contributed by atoms with van der Waals surface area (Å²) in [5, 5.41) is 9.80. The van der Waals surface area contributed by atoms with E-state index in [1.807, 2.05) is 0 Å². The first-order chi connectivity index (χ1) is 19.9. The number of rotatable bonds is 4. The zero-order chi connectivity index (χ0) is 29.7. The summed E-state index contributed by atoms with van der Waals surface area (Å²) in [5.74, 6) is -0.389. The van der Waals surface area contributed by atoms with Crippen LogP contribution in [0.25, 0.3) is 10.9 Å². The van der Waals surface area contributed by atoms with E-state index >= 15 is 0 Å². The summed E-state index contributed by atoms with van der Waals surface area (Å²) in [4.78, 5) is 28.4. The number of nitrogens with zero attached hydrogens (tertiary/aromatic N) is 2. The quantitative estimate of drug-likeness (QED) is 0.332. The Morgan fingerprint density at radius 2 is 1.61 bits per heavy atom. The lowest BCUT2D eigenvalue weighted by atomic mass is 10.2. The second kappa shape index (κ2) is 20.6. The molecular weight excluding hydrogens is 519 g/mol. The first-order valence-electron chi connectivity index (χ1n) is 14.9. The number of hydrogen-bond acceptors (Lipinski definition) is 5. The minimum atomic E-state index is -0.389. The first-order valence-corrected chi connectivity index (χ1v) is 14.9. The zero-order valence-corrected chi connectivity index (χ0v) is 25.1. The largest absolute Gasteiger partial charge is 0.354 e. The van der Waals surface area contributed by atoms with Gasteiger partial charge in [-0.2, -0.15) is 0 Å². The van der Waals surface area contributed by atoms with Crippen molar-refractivity contribution in [1.29, 1.82) is 0 Å². The summed E-state index contributed by atoms with van der Waals surface area (Å²) in [6.45, 7) is 12.5. The lowest BCUT2D eigenvalue weighted by Crippen LogP contribution is -2.21. The molecule has 8 nitrogen and oxygen atoms in total. The van der Waals surface area contributed by atoms with Crippen molar-refractivity contribution in [1.82, 2.24) is 30.8 Å². The van der Waals surface area contributed by atoms with Crippen LogP contribution in [0.3, 0.4) is 0 Å². The van der Waals surface area contributed by atoms with Crippen LogP contribution in [-0.2, 0) is 16.1 Å². The maximum Gasteiger partial charge on any atom is 0.209 e. The number of halogens is 1. The van der Waals surface area contributed by atoms with Crippen LogP contribution >= 0.6 is 0 Å². The van der Waals surface area contributed by atoms with Gasteiger partial charge in [-0.1, -0.05) is 41.8 Å². The van der Waals surface area contributed by atoms with E-state index in [1.54, 1.807) is 17.2 Å². The standard InChI is InChI=1S/C9H8FN3O.C8H10.C5H9NO.2C5H11N/c10-8-4-11-2-6-1-7(3-12-5-14)13-9(6)8;1-7-3-5-8(2)6-4-7;7-5-6-3-1-2-4-6;1-5-3-2-4-6-5;1-2-4-6-5-3-1/h1-2,4-5,13H,3H2,(H,12,14);3-6H,1-2H3;5H,1-4H2;5-6H,2-4H2,1H3;6H,1-5H2. The molecule has 6 rings (SSSR count). The average molecular weight is 569 g/mol. The molecule has 1 aromatic carbocycles. The molecule has 3 aromatic rings. The van der Waals surface area contributed by atoms with Gasteiger partial charge in [-0.3, -0.25) is 14.6 Å². The molecule has 3 saturated heterocycles. The van der Waals surface area contributed by atoms with Gasteiger partial charge in [0.2, 0.25) is 12.8 Å². The van der Waals surface area contributed by atoms with E-state index in [1.165, 1.54) is 75.7 Å². The Kier molecular flexibility index (Phi) is 17.0. The summed E-state index contributed by atoms with van der Waals surface area (Å²) in [7, 11) is 0. The summed E-state index contributed by atoms with van der Waals surface area (Å²) >= 11 is 0. The van der Waals surface area contributed by atoms with E-state index in [9.17, 15) is 14.0 Å². The molecule has 0 bridgehead atoms. The van der Waals surface area contributed by atoms with E-state index < -0.39 is 0 Å². The van der Waals surface area contributed by atoms with Gasteiger partial charge < -0.3 is 25.8 Å². The highest BCUT2D eigenvalue weighted by atomic mass is 19.1. The Labute approximate surface area is 244 Å². The van der Waals surface area contributed by atoms with Crippen LogP contribution in [0.5, 0.6) is 0 Å². The number of aromatic amines is 1. The molecule has 2 aromatic heterocycles. The Bertz CT molecular complexity index is 1070. The minimum Gasteiger partial charge on any atom is -0.354 e. The highest BCUT2D eigenvalue weighted by Crippen LogP contribution is 2.16. The number of benzene rings is 1. The van der Waals surface area contributed by atoms with Crippen LogP contribution in [0.1, 0.15) is 68.7 Å². The lowest BCUT2D eigenvalue weighted by Gasteiger charge is -2.08. The number of pyridine rings is 1. The molecule has 1 unspecified atom stereocenters. The monoisotopic (exact) mass is 568 g/mol. The van der Waals surface area contributed by atoms with Crippen LogP contribution in [0, 0.1) is 19.7 Å². The molecule has 3 fully saturated rings. The fourth-order valence-electron chi connectivity index (χ4n) is 4.47. The number of aromatic nitrogens is 2. The third-order valence-electron chi connectivity index (χ3n) is 6.94. The highest BCUT2D eigenvalue weighted by molar-refractivity contribution is 5.79. The van der Waals surface area contributed by atoms with E-state index in [0.29, 0.717) is 23.9 Å². The molecule has 9 heteroatoms. The lowest BCUT2D eigenvalue weighted by molar-refractivity contribution is -0.117. The number of hydrogen-bond donors (Lipinski definition) is 4. The zero-order valence-electron chi connectivity index (χ0n) is 25.1. The summed E-state index contributed by atoms with van der Waals surface area (Å²) < 4.78 is 13.1. The molecule has 2 amide bonds. The molecule has 3 aliphatic heterocycles. The first kappa shape index (κ1) is 33.9. The predicted octanol–water partition coefficient (Wildman–Crippen LogP) is 5.01. The molecule has 4 N–H and O–H groups in total. The maximum absolute atomic E-state index is 13.1. The summed E-state index contributed by atoms with van der Waals surface area (Å²) in [6, 6.07) is 11.0.